The van der Waals surface area contributed by atoms with Crippen LogP contribution in [0.4, 0.5) is 5.00 Å². The van der Waals surface area contributed by atoms with E-state index in [4.69, 9.17) is 0 Å². The number of carbonyl (C=O) groups excluding carboxylic acids is 3. The monoisotopic (exact) mass is 495 g/mol. The van der Waals surface area contributed by atoms with Gasteiger partial charge in [0.1, 0.15) is 5.00 Å². The highest BCUT2D eigenvalue weighted by Gasteiger charge is 2.31. The van der Waals surface area contributed by atoms with Gasteiger partial charge in [0.25, 0.3) is 11.8 Å². The number of rotatable bonds is 5. The molecule has 0 radical (unpaired) electrons. The molecule has 186 valence electrons. The molecule has 5 rings (SSSR count). The Balaban J connectivity index is 1.26. The Morgan fingerprint density at radius 3 is 2.43 bits per heavy atom. The number of piperidine rings is 1. The van der Waals surface area contributed by atoms with E-state index in [2.05, 4.69) is 15.2 Å². The topological polar surface area (TPSA) is 85.8 Å². The summed E-state index contributed by atoms with van der Waals surface area (Å²) in [5, 5.41) is 3.66. The maximum absolute atomic E-state index is 13.7. The van der Waals surface area contributed by atoms with Crippen molar-refractivity contribution in [1.29, 1.82) is 0 Å². The van der Waals surface area contributed by atoms with Crippen molar-refractivity contribution < 1.29 is 14.4 Å². The van der Waals surface area contributed by atoms with Crippen molar-refractivity contribution in [3.8, 4) is 0 Å². The summed E-state index contributed by atoms with van der Waals surface area (Å²) in [6, 6.07) is 3.46. The van der Waals surface area contributed by atoms with Crippen LogP contribution in [-0.4, -0.2) is 83.2 Å². The number of carbonyl (C=O) groups is 3. The Bertz CT molecular complexity index is 1070. The summed E-state index contributed by atoms with van der Waals surface area (Å²) in [5.74, 6) is -0.0449. The molecule has 2 saturated heterocycles. The second kappa shape index (κ2) is 10.9. The molecular formula is C26H33N5O3S. The summed E-state index contributed by atoms with van der Waals surface area (Å²) >= 11 is 1.54. The van der Waals surface area contributed by atoms with Crippen LogP contribution >= 0.6 is 11.3 Å². The third-order valence-electron chi connectivity index (χ3n) is 7.26. The number of pyridine rings is 1. The first-order valence-corrected chi connectivity index (χ1v) is 13.6. The van der Waals surface area contributed by atoms with Crippen LogP contribution < -0.4 is 5.32 Å². The number of piperazine rings is 1. The van der Waals surface area contributed by atoms with E-state index in [0.717, 1.165) is 57.2 Å². The Kier molecular flexibility index (Phi) is 7.43. The number of anilines is 1. The van der Waals surface area contributed by atoms with Gasteiger partial charge in [-0.3, -0.25) is 24.3 Å². The van der Waals surface area contributed by atoms with E-state index in [0.29, 0.717) is 48.9 Å². The minimum Gasteiger partial charge on any atom is -0.342 e. The molecule has 35 heavy (non-hydrogen) atoms. The van der Waals surface area contributed by atoms with Crippen LogP contribution in [0.5, 0.6) is 0 Å². The van der Waals surface area contributed by atoms with Gasteiger partial charge < -0.3 is 15.1 Å². The van der Waals surface area contributed by atoms with Gasteiger partial charge >= 0.3 is 0 Å². The number of fused-ring (bicyclic) bond motifs is 1. The maximum Gasteiger partial charge on any atom is 0.257 e. The third-order valence-corrected chi connectivity index (χ3v) is 8.47. The van der Waals surface area contributed by atoms with Gasteiger partial charge in [0.05, 0.1) is 17.7 Å². The number of hydrogen-bond donors (Lipinski definition) is 1. The average Bonchev–Trinajstić information content (AvgIpc) is 3.27. The Morgan fingerprint density at radius 2 is 1.69 bits per heavy atom. The number of nitrogens with one attached hydrogen (secondary N) is 1. The van der Waals surface area contributed by atoms with Crippen LogP contribution in [0.2, 0.25) is 0 Å². The molecule has 3 aliphatic rings. The zero-order chi connectivity index (χ0) is 24.2. The van der Waals surface area contributed by atoms with Gasteiger partial charge in [-0.05, 0) is 62.6 Å². The van der Waals surface area contributed by atoms with Crippen molar-refractivity contribution >= 4 is 34.1 Å². The van der Waals surface area contributed by atoms with Gasteiger partial charge in [0, 0.05) is 56.5 Å². The first-order chi connectivity index (χ1) is 17.1. The fraction of sp³-hybridized carbons (Fsp3) is 0.538. The summed E-state index contributed by atoms with van der Waals surface area (Å²) in [7, 11) is 0. The fourth-order valence-electron chi connectivity index (χ4n) is 5.25. The molecule has 2 aromatic heterocycles. The molecule has 0 unspecified atom stereocenters. The standard InChI is InChI=1S/C26H33N5O3S/c32-22(30-11-4-1-5-12-30)18-29-13-15-31(16-14-29)26(34)23-20-8-2-3-9-21(20)35-25(23)28-24(33)19-7-6-10-27-17-19/h6-7,10,17H,1-5,8-9,11-16,18H2,(H,28,33). The van der Waals surface area contributed by atoms with Gasteiger partial charge in [0.2, 0.25) is 5.91 Å². The van der Waals surface area contributed by atoms with Crippen molar-refractivity contribution in [2.45, 2.75) is 44.9 Å². The lowest BCUT2D eigenvalue weighted by Crippen LogP contribution is -2.52. The van der Waals surface area contributed by atoms with Gasteiger partial charge in [-0.25, -0.2) is 0 Å². The van der Waals surface area contributed by atoms with E-state index in [1.807, 2.05) is 9.80 Å². The highest BCUT2D eigenvalue weighted by atomic mass is 32.1. The number of hydrogen-bond acceptors (Lipinski definition) is 6. The van der Waals surface area contributed by atoms with Gasteiger partial charge in [-0.1, -0.05) is 0 Å². The predicted octanol–water partition coefficient (Wildman–Crippen LogP) is 3.04. The number of nitrogens with zero attached hydrogens (tertiary/aromatic N) is 4. The minimum absolute atomic E-state index is 0.00658. The zero-order valence-electron chi connectivity index (χ0n) is 20.1. The number of likely N-dealkylation sites (tertiary alicyclic amines) is 1. The van der Waals surface area contributed by atoms with Crippen molar-refractivity contribution in [3.63, 3.8) is 0 Å². The molecule has 1 N–H and O–H groups in total. The SMILES string of the molecule is O=C(Nc1sc2c(c1C(=O)N1CCN(CC(=O)N3CCCCC3)CC1)CCCC2)c1cccnc1. The van der Waals surface area contributed by atoms with Crippen LogP contribution in [0.25, 0.3) is 0 Å². The van der Waals surface area contributed by atoms with Crippen molar-refractivity contribution in [1.82, 2.24) is 19.7 Å². The molecule has 2 aliphatic heterocycles. The smallest absolute Gasteiger partial charge is 0.257 e. The second-order valence-electron chi connectivity index (χ2n) is 9.62. The molecule has 0 aromatic carbocycles. The molecule has 2 aromatic rings. The minimum atomic E-state index is -0.244. The zero-order valence-corrected chi connectivity index (χ0v) is 20.9. The van der Waals surface area contributed by atoms with Gasteiger partial charge in [-0.15, -0.1) is 11.3 Å². The van der Waals surface area contributed by atoms with Gasteiger partial charge in [0.15, 0.2) is 0 Å². The molecule has 1 aliphatic carbocycles. The van der Waals surface area contributed by atoms with Gasteiger partial charge in [-0.2, -0.15) is 0 Å². The molecule has 0 atom stereocenters. The molecule has 3 amide bonds. The number of thiophene rings is 1. The molecule has 8 nitrogen and oxygen atoms in total. The number of aromatic nitrogens is 1. The van der Waals surface area contributed by atoms with E-state index in [9.17, 15) is 14.4 Å². The average molecular weight is 496 g/mol. The van der Waals surface area contributed by atoms with Crippen molar-refractivity contribution in [2.24, 2.45) is 0 Å². The lowest BCUT2D eigenvalue weighted by atomic mass is 9.95. The molecule has 2 fully saturated rings. The summed E-state index contributed by atoms with van der Waals surface area (Å²) < 4.78 is 0. The first-order valence-electron chi connectivity index (χ1n) is 12.8. The number of amides is 3. The molecule has 0 spiro atoms. The number of aryl methyl sites for hydroxylation is 1. The van der Waals surface area contributed by atoms with Crippen LogP contribution in [0.3, 0.4) is 0 Å². The van der Waals surface area contributed by atoms with Crippen LogP contribution in [0, 0.1) is 0 Å². The van der Waals surface area contributed by atoms with Crippen LogP contribution in [0.1, 0.15) is 63.3 Å². The Morgan fingerprint density at radius 1 is 0.914 bits per heavy atom. The lowest BCUT2D eigenvalue weighted by Gasteiger charge is -2.36. The van der Waals surface area contributed by atoms with E-state index >= 15 is 0 Å². The first kappa shape index (κ1) is 23.9. The van der Waals surface area contributed by atoms with E-state index in [-0.39, 0.29) is 17.7 Å². The maximum atomic E-state index is 13.7. The lowest BCUT2D eigenvalue weighted by molar-refractivity contribution is -0.133. The Hall–Kier alpha value is -2.78. The van der Waals surface area contributed by atoms with E-state index < -0.39 is 0 Å². The highest BCUT2D eigenvalue weighted by molar-refractivity contribution is 7.17. The largest absolute Gasteiger partial charge is 0.342 e. The molecule has 9 heteroatoms. The normalized spacial score (nSPS) is 18.7. The molecular weight excluding hydrogens is 462 g/mol. The molecule has 0 saturated carbocycles. The predicted molar refractivity (Wildman–Crippen MR) is 136 cm³/mol. The summed E-state index contributed by atoms with van der Waals surface area (Å²) in [6.07, 6.45) is 10.6. The van der Waals surface area contributed by atoms with E-state index in [1.165, 1.54) is 17.5 Å². The molecule has 4 heterocycles. The van der Waals surface area contributed by atoms with Crippen molar-refractivity contribution in [3.05, 3.63) is 46.1 Å². The fourth-order valence-corrected chi connectivity index (χ4v) is 6.53. The second-order valence-corrected chi connectivity index (χ2v) is 10.7. The van der Waals surface area contributed by atoms with Crippen LogP contribution in [0.15, 0.2) is 24.5 Å². The summed E-state index contributed by atoms with van der Waals surface area (Å²) in [6.45, 7) is 4.73. The Labute approximate surface area is 210 Å². The summed E-state index contributed by atoms with van der Waals surface area (Å²) in [5.41, 5.74) is 2.25. The van der Waals surface area contributed by atoms with Crippen molar-refractivity contribution in [2.75, 3.05) is 51.1 Å². The molecule has 0 bridgehead atoms. The van der Waals surface area contributed by atoms with Crippen LogP contribution in [-0.2, 0) is 17.6 Å². The highest BCUT2D eigenvalue weighted by Crippen LogP contribution is 2.39. The third kappa shape index (κ3) is 5.41. The van der Waals surface area contributed by atoms with E-state index in [1.54, 1.807) is 29.7 Å². The quantitative estimate of drug-likeness (QED) is 0.689. The summed E-state index contributed by atoms with van der Waals surface area (Å²) in [4.78, 5) is 50.5.